The van der Waals surface area contributed by atoms with Gasteiger partial charge in [-0.25, -0.2) is 9.18 Å². The number of anilines is 1. The van der Waals surface area contributed by atoms with E-state index in [0.717, 1.165) is 23.3 Å². The van der Waals surface area contributed by atoms with Crippen LogP contribution in [0.5, 0.6) is 0 Å². The lowest BCUT2D eigenvalue weighted by molar-refractivity contribution is -0.147. The van der Waals surface area contributed by atoms with Gasteiger partial charge in [-0.2, -0.15) is 13.2 Å². The van der Waals surface area contributed by atoms with Crippen LogP contribution >= 0.6 is 11.8 Å². The van der Waals surface area contributed by atoms with Gasteiger partial charge in [0.15, 0.2) is 11.9 Å². The minimum atomic E-state index is -4.99. The van der Waals surface area contributed by atoms with Crippen molar-refractivity contribution in [3.63, 3.8) is 0 Å². The number of aliphatic hydroxyl groups is 1. The summed E-state index contributed by atoms with van der Waals surface area (Å²) in [6, 6.07) is 15.2. The summed E-state index contributed by atoms with van der Waals surface area (Å²) >= 11 is 1.35. The number of urea groups is 1. The molecular weight excluding hydrogens is 612 g/mol. The molecule has 1 heterocycles. The van der Waals surface area contributed by atoms with Crippen LogP contribution < -0.4 is 16.0 Å². The third kappa shape index (κ3) is 8.14. The highest BCUT2D eigenvalue weighted by Crippen LogP contribution is 2.40. The molecule has 3 aromatic rings. The number of thioether (sulfide) groups is 1. The van der Waals surface area contributed by atoms with Crippen LogP contribution in [-0.2, 0) is 28.7 Å². The average molecular weight is 647 g/mol. The summed E-state index contributed by atoms with van der Waals surface area (Å²) in [6.07, 6.45) is -6.90. The Hall–Kier alpha value is -4.10. The molecule has 1 aliphatic heterocycles. The number of aryl methyl sites for hydroxylation is 1. The standard InChI is InChI=1S/C32H34F4N4O4S/c1-19-10-7-8-13-21(19)17-37-28(42)27-31(2,3)45-18-40(27)29(43)26(41)24(16-20-11-5-4-6-12-20)39-30(44)38-23-15-9-14-22(25(23)33)32(34,35)36/h4-15,24,26-27,41H,16-18H2,1-3H3,(H,37,42)(H2,38,39,44). The summed E-state index contributed by atoms with van der Waals surface area (Å²) in [5, 5.41) is 18.7. The van der Waals surface area contributed by atoms with E-state index >= 15 is 0 Å². The van der Waals surface area contributed by atoms with Gasteiger partial charge in [-0.1, -0.05) is 60.7 Å². The molecule has 3 aromatic carbocycles. The van der Waals surface area contributed by atoms with Crippen LogP contribution in [-0.4, -0.2) is 56.7 Å². The molecule has 0 bridgehead atoms. The SMILES string of the molecule is Cc1ccccc1CNC(=O)C1N(C(=O)C(O)C(Cc2ccccc2)NC(=O)Nc2cccc(C(F)(F)F)c2F)CSC1(C)C. The monoisotopic (exact) mass is 646 g/mol. The van der Waals surface area contributed by atoms with Gasteiger partial charge >= 0.3 is 12.2 Å². The average Bonchev–Trinajstić information content (AvgIpc) is 3.31. The molecule has 0 radical (unpaired) electrons. The number of benzene rings is 3. The first-order valence-electron chi connectivity index (χ1n) is 14.1. The number of amides is 4. The number of nitrogens with one attached hydrogen (secondary N) is 3. The van der Waals surface area contributed by atoms with Crippen molar-refractivity contribution in [2.24, 2.45) is 0 Å². The first-order chi connectivity index (χ1) is 21.2. The largest absolute Gasteiger partial charge is 0.419 e. The molecule has 0 aliphatic carbocycles. The van der Waals surface area contributed by atoms with Gasteiger partial charge in [0.05, 0.1) is 23.2 Å². The van der Waals surface area contributed by atoms with E-state index in [1.165, 1.54) is 16.7 Å². The third-order valence-corrected chi connectivity index (χ3v) is 8.97. The van der Waals surface area contributed by atoms with E-state index in [-0.39, 0.29) is 18.8 Å². The van der Waals surface area contributed by atoms with Crippen molar-refractivity contribution in [2.45, 2.75) is 62.8 Å². The van der Waals surface area contributed by atoms with Crippen LogP contribution in [0.4, 0.5) is 28.0 Å². The molecular formula is C32H34F4N4O4S. The molecule has 1 aliphatic rings. The second-order valence-corrected chi connectivity index (χ2v) is 12.8. The predicted molar refractivity (Wildman–Crippen MR) is 164 cm³/mol. The number of hydrogen-bond acceptors (Lipinski definition) is 5. The zero-order valence-electron chi connectivity index (χ0n) is 24.8. The van der Waals surface area contributed by atoms with Gasteiger partial charge in [0.2, 0.25) is 5.91 Å². The number of hydrogen-bond donors (Lipinski definition) is 4. The lowest BCUT2D eigenvalue weighted by Gasteiger charge is -2.33. The lowest BCUT2D eigenvalue weighted by atomic mass is 9.97. The Bertz CT molecular complexity index is 1540. The van der Waals surface area contributed by atoms with Gasteiger partial charge in [-0.15, -0.1) is 11.8 Å². The Morgan fingerprint density at radius 3 is 2.36 bits per heavy atom. The fourth-order valence-corrected chi connectivity index (χ4v) is 6.27. The molecule has 0 aromatic heterocycles. The maximum atomic E-state index is 14.6. The quantitative estimate of drug-likeness (QED) is 0.238. The van der Waals surface area contributed by atoms with Crippen LogP contribution in [0.25, 0.3) is 0 Å². The molecule has 0 spiro atoms. The predicted octanol–water partition coefficient (Wildman–Crippen LogP) is 5.24. The van der Waals surface area contributed by atoms with Crippen molar-refractivity contribution >= 4 is 35.3 Å². The van der Waals surface area contributed by atoms with Crippen LogP contribution in [0.2, 0.25) is 0 Å². The molecule has 45 heavy (non-hydrogen) atoms. The summed E-state index contributed by atoms with van der Waals surface area (Å²) in [6.45, 7) is 5.77. The molecule has 8 nitrogen and oxygen atoms in total. The van der Waals surface area contributed by atoms with Crippen molar-refractivity contribution < 1.29 is 37.1 Å². The van der Waals surface area contributed by atoms with Gasteiger partial charge in [-0.05, 0) is 56.0 Å². The Kier molecular flexibility index (Phi) is 10.4. The van der Waals surface area contributed by atoms with E-state index in [4.69, 9.17) is 0 Å². The zero-order valence-corrected chi connectivity index (χ0v) is 25.6. The highest BCUT2D eigenvalue weighted by molar-refractivity contribution is 8.00. The molecule has 240 valence electrons. The number of carbonyl (C=O) groups excluding carboxylic acids is 3. The molecule has 1 saturated heterocycles. The molecule has 4 amide bonds. The Balaban J connectivity index is 1.54. The summed E-state index contributed by atoms with van der Waals surface area (Å²) in [5.41, 5.74) is 0.229. The summed E-state index contributed by atoms with van der Waals surface area (Å²) in [7, 11) is 0. The van der Waals surface area contributed by atoms with Gasteiger partial charge in [0.25, 0.3) is 5.91 Å². The maximum Gasteiger partial charge on any atom is 0.419 e. The van der Waals surface area contributed by atoms with E-state index in [1.807, 2.05) is 50.4 Å². The first-order valence-corrected chi connectivity index (χ1v) is 15.1. The summed E-state index contributed by atoms with van der Waals surface area (Å²) in [4.78, 5) is 41.4. The number of aliphatic hydroxyl groups excluding tert-OH is 1. The molecule has 3 atom stereocenters. The Morgan fingerprint density at radius 1 is 1.02 bits per heavy atom. The van der Waals surface area contributed by atoms with Crippen LogP contribution in [0.3, 0.4) is 0 Å². The normalized spacial score (nSPS) is 17.3. The molecule has 4 rings (SSSR count). The fraction of sp³-hybridized carbons (Fsp3) is 0.344. The minimum absolute atomic E-state index is 0.0548. The Morgan fingerprint density at radius 2 is 1.69 bits per heavy atom. The van der Waals surface area contributed by atoms with Crippen molar-refractivity contribution in [2.75, 3.05) is 11.2 Å². The highest BCUT2D eigenvalue weighted by Gasteiger charge is 2.49. The number of carbonyl (C=O) groups is 3. The van der Waals surface area contributed by atoms with Crippen molar-refractivity contribution in [3.8, 4) is 0 Å². The minimum Gasteiger partial charge on any atom is -0.381 e. The van der Waals surface area contributed by atoms with Crippen molar-refractivity contribution in [3.05, 3.63) is 101 Å². The second-order valence-electron chi connectivity index (χ2n) is 11.2. The number of alkyl halides is 3. The van der Waals surface area contributed by atoms with E-state index < -0.39 is 64.0 Å². The van der Waals surface area contributed by atoms with Crippen LogP contribution in [0.1, 0.15) is 36.1 Å². The highest BCUT2D eigenvalue weighted by atomic mass is 32.2. The van der Waals surface area contributed by atoms with Crippen molar-refractivity contribution in [1.29, 1.82) is 0 Å². The summed E-state index contributed by atoms with van der Waals surface area (Å²) in [5.74, 6) is -2.83. The number of rotatable bonds is 9. The number of nitrogens with zero attached hydrogens (tertiary/aromatic N) is 1. The molecule has 13 heteroatoms. The van der Waals surface area contributed by atoms with Gasteiger partial charge in [0.1, 0.15) is 6.04 Å². The molecule has 1 fully saturated rings. The molecule has 0 saturated carbocycles. The zero-order chi connectivity index (χ0) is 32.9. The summed E-state index contributed by atoms with van der Waals surface area (Å²) < 4.78 is 53.4. The smallest absolute Gasteiger partial charge is 0.381 e. The van der Waals surface area contributed by atoms with Crippen molar-refractivity contribution in [1.82, 2.24) is 15.5 Å². The second kappa shape index (κ2) is 13.9. The maximum absolute atomic E-state index is 14.6. The van der Waals surface area contributed by atoms with E-state index in [2.05, 4.69) is 10.6 Å². The van der Waals surface area contributed by atoms with Gasteiger partial charge in [-0.3, -0.25) is 9.59 Å². The van der Waals surface area contributed by atoms with E-state index in [1.54, 1.807) is 30.3 Å². The van der Waals surface area contributed by atoms with Gasteiger partial charge < -0.3 is 26.0 Å². The van der Waals surface area contributed by atoms with Crippen LogP contribution in [0, 0.1) is 12.7 Å². The first kappa shape index (κ1) is 33.8. The van der Waals surface area contributed by atoms with E-state index in [9.17, 15) is 37.1 Å². The molecule has 3 unspecified atom stereocenters. The van der Waals surface area contributed by atoms with Gasteiger partial charge in [0, 0.05) is 11.3 Å². The topological polar surface area (TPSA) is 111 Å². The Labute approximate surface area is 262 Å². The van der Waals surface area contributed by atoms with Crippen LogP contribution in [0.15, 0.2) is 72.8 Å². The lowest BCUT2D eigenvalue weighted by Crippen LogP contribution is -2.59. The fourth-order valence-electron chi connectivity index (χ4n) is 5.13. The third-order valence-electron chi connectivity index (χ3n) is 7.59. The number of halogens is 4. The molecule has 4 N–H and O–H groups in total. The van der Waals surface area contributed by atoms with E-state index in [0.29, 0.717) is 11.6 Å².